The number of rotatable bonds is 11. The van der Waals surface area contributed by atoms with Crippen molar-refractivity contribution in [1.82, 2.24) is 15.0 Å². The smallest absolute Gasteiger partial charge is 0.373 e. The van der Waals surface area contributed by atoms with Crippen LogP contribution in [0.4, 0.5) is 28.7 Å². The second-order valence-corrected chi connectivity index (χ2v) is 11.4. The molecule has 17 heteroatoms. The summed E-state index contributed by atoms with van der Waals surface area (Å²) in [5.41, 5.74) is 7.67. The Balaban J connectivity index is 0.00000140. The summed E-state index contributed by atoms with van der Waals surface area (Å²) in [6.07, 6.45) is 1.41. The van der Waals surface area contributed by atoms with Crippen LogP contribution >= 0.6 is 0 Å². The van der Waals surface area contributed by atoms with Crippen LogP contribution < -0.4 is 5.32 Å². The van der Waals surface area contributed by atoms with Crippen molar-refractivity contribution in [3.8, 4) is 0 Å². The minimum atomic E-state index is -1.26. The van der Waals surface area contributed by atoms with E-state index < -0.39 is 11.9 Å². The minimum absolute atomic E-state index is 0. The van der Waals surface area contributed by atoms with Gasteiger partial charge in [-0.2, -0.15) is 49.6 Å². The van der Waals surface area contributed by atoms with E-state index in [1.54, 1.807) is 0 Å². The number of azo groups is 2. The van der Waals surface area contributed by atoms with Crippen molar-refractivity contribution in [2.24, 2.45) is 20.5 Å². The Morgan fingerprint density at radius 1 is 0.618 bits per heavy atom. The number of nitrogens with zero attached hydrogens (tertiary/aromatic N) is 7. The molecule has 0 unspecified atom stereocenters. The third-order valence-electron chi connectivity index (χ3n) is 7.61. The van der Waals surface area contributed by atoms with E-state index in [0.717, 1.165) is 50.8 Å². The van der Waals surface area contributed by atoms with Crippen LogP contribution in [0.5, 0.6) is 0 Å². The van der Waals surface area contributed by atoms with Gasteiger partial charge in [-0.1, -0.05) is 30.3 Å². The van der Waals surface area contributed by atoms with Crippen LogP contribution in [0.25, 0.3) is 0 Å². The molecule has 16 nitrogen and oxygen atoms in total. The molecule has 1 aromatic heterocycles. The van der Waals surface area contributed by atoms with E-state index in [2.05, 4.69) is 48.9 Å². The second kappa shape index (κ2) is 21.7. The fraction of sp³-hybridized carbons (Fsp3) is 0.158. The molecule has 1 heterocycles. The van der Waals surface area contributed by atoms with E-state index in [4.69, 9.17) is 24.2 Å². The summed E-state index contributed by atoms with van der Waals surface area (Å²) in [7, 11) is 3.75. The molecule has 5 rings (SSSR count). The molecule has 0 saturated carbocycles. The molecular formula is C38H33N8O8W-. The third kappa shape index (κ3) is 13.3. The van der Waals surface area contributed by atoms with Gasteiger partial charge in [0.2, 0.25) is 0 Å². The van der Waals surface area contributed by atoms with Gasteiger partial charge in [0.25, 0.3) is 0 Å². The molecule has 0 atom stereocenters. The van der Waals surface area contributed by atoms with Crippen LogP contribution in [0.3, 0.4) is 0 Å². The molecule has 4 aromatic carbocycles. The number of aryl methyl sites for hydroxylation is 4. The average Bonchev–Trinajstić information content (AvgIpc) is 3.14. The fourth-order valence-electron chi connectivity index (χ4n) is 5.00. The monoisotopic (exact) mass is 913 g/mol. The summed E-state index contributed by atoms with van der Waals surface area (Å²) in [5.74, 6) is -0.986. The van der Waals surface area contributed by atoms with Gasteiger partial charge in [0.15, 0.2) is 5.95 Å². The number of carbonyl (C=O) groups is 2. The Morgan fingerprint density at radius 3 is 1.44 bits per heavy atom. The van der Waals surface area contributed by atoms with Gasteiger partial charge in [-0.25, -0.2) is 14.6 Å². The van der Waals surface area contributed by atoms with E-state index in [-0.39, 0.29) is 50.2 Å². The molecule has 5 aromatic rings. The number of aromatic nitrogens is 3. The summed E-state index contributed by atoms with van der Waals surface area (Å²) in [5, 5.41) is 38.7. The average molecular weight is 914 g/mol. The zero-order valence-electron chi connectivity index (χ0n) is 29.9. The third-order valence-corrected chi connectivity index (χ3v) is 7.61. The first-order chi connectivity index (χ1) is 25.8. The van der Waals surface area contributed by atoms with Gasteiger partial charge in [0, 0.05) is 33.9 Å². The van der Waals surface area contributed by atoms with Crippen molar-refractivity contribution in [2.45, 2.75) is 40.5 Å². The van der Waals surface area contributed by atoms with Gasteiger partial charge in [0.1, 0.15) is 11.6 Å². The van der Waals surface area contributed by atoms with Crippen molar-refractivity contribution in [1.29, 1.82) is 0 Å². The molecule has 0 aliphatic carbocycles. The largest absolute Gasteiger partial charge is 0.506 e. The SMILES string of the molecule is O=C=O.O=C=O.[CH2-]Nc1nc(Cc2cc(C)c(N=Nc3ccccc3)cc2C)nc(Cc2cc(C)c(N=Nc3cc(C(=O)O)cc(C(=O)O)c3)cc2C)n1.[W]. The topological polar surface area (TPSA) is 243 Å². The van der Waals surface area contributed by atoms with Crippen molar-refractivity contribution in [3.63, 3.8) is 0 Å². The first-order valence-electron chi connectivity index (χ1n) is 15.8. The molecular weight excluding hydrogens is 880 g/mol. The van der Waals surface area contributed by atoms with Crippen LogP contribution in [0.15, 0.2) is 93.3 Å². The molecule has 0 aliphatic rings. The van der Waals surface area contributed by atoms with Crippen LogP contribution in [-0.2, 0) is 53.1 Å². The minimum Gasteiger partial charge on any atom is -0.506 e. The summed E-state index contributed by atoms with van der Waals surface area (Å²) in [4.78, 5) is 69.3. The normalized spacial score (nSPS) is 10.2. The second-order valence-electron chi connectivity index (χ2n) is 11.4. The molecule has 0 spiro atoms. The molecule has 0 amide bonds. The van der Waals surface area contributed by atoms with Gasteiger partial charge < -0.3 is 15.5 Å². The predicted octanol–water partition coefficient (Wildman–Crippen LogP) is 7.55. The van der Waals surface area contributed by atoms with Gasteiger partial charge in [-0.05, 0) is 104 Å². The number of carbonyl (C=O) groups excluding carboxylic acids is 4. The number of aromatic carboxylic acids is 2. The quantitative estimate of drug-likeness (QED) is 0.0859. The fourth-order valence-corrected chi connectivity index (χ4v) is 5.00. The van der Waals surface area contributed by atoms with E-state index in [0.29, 0.717) is 36.1 Å². The molecule has 0 fully saturated rings. The van der Waals surface area contributed by atoms with Gasteiger partial charge in [-0.3, -0.25) is 7.05 Å². The first-order valence-corrected chi connectivity index (χ1v) is 15.8. The van der Waals surface area contributed by atoms with Crippen LogP contribution in [-0.4, -0.2) is 49.4 Å². The Bertz CT molecular complexity index is 2240. The van der Waals surface area contributed by atoms with Gasteiger partial charge >= 0.3 is 24.2 Å². The van der Waals surface area contributed by atoms with Gasteiger partial charge in [0.05, 0.1) is 33.9 Å². The van der Waals surface area contributed by atoms with Crippen molar-refractivity contribution < 1.29 is 60.0 Å². The molecule has 3 N–H and O–H groups in total. The number of carboxylic acid groups (broad SMARTS) is 2. The standard InChI is InChI=1S/C36H33N8O4.2CO2.W/c1-20-13-30(43-41-28-9-7-6-8-10-28)22(3)11-24(20)18-32-38-33(40-36(37-5)39-32)19-25-12-23(4)31(14-21(25)2)44-42-29-16-26(34(45)46)15-27(17-29)35(47)48;2*2-1-3;/h6-17H,5,18-19H2,1-4H3,(H,45,46)(H,47,48)(H,37,38,39,40);;;/q-1;;;. The molecule has 280 valence electrons. The number of carboxylic acids is 2. The zero-order valence-corrected chi connectivity index (χ0v) is 32.9. The molecule has 0 bridgehead atoms. The Labute approximate surface area is 329 Å². The van der Waals surface area contributed by atoms with Crippen LogP contribution in [0.1, 0.15) is 65.7 Å². The summed E-state index contributed by atoms with van der Waals surface area (Å²) >= 11 is 0. The van der Waals surface area contributed by atoms with Crippen LogP contribution in [0, 0.1) is 34.7 Å². The number of benzene rings is 4. The van der Waals surface area contributed by atoms with E-state index in [1.165, 1.54) is 12.1 Å². The predicted molar refractivity (Wildman–Crippen MR) is 191 cm³/mol. The Hall–Kier alpha value is -6.72. The molecule has 55 heavy (non-hydrogen) atoms. The first kappa shape index (κ1) is 44.4. The number of hydrogen-bond acceptors (Lipinski definition) is 14. The summed E-state index contributed by atoms with van der Waals surface area (Å²) in [6.45, 7) is 7.84. The molecule has 0 radical (unpaired) electrons. The number of hydrogen-bond donors (Lipinski definition) is 3. The summed E-state index contributed by atoms with van der Waals surface area (Å²) in [6, 6.07) is 21.1. The van der Waals surface area contributed by atoms with E-state index in [9.17, 15) is 19.8 Å². The maximum Gasteiger partial charge on any atom is 0.373 e. The maximum absolute atomic E-state index is 11.5. The van der Waals surface area contributed by atoms with Crippen LogP contribution in [0.2, 0.25) is 0 Å². The van der Waals surface area contributed by atoms with Crippen molar-refractivity contribution >= 4 is 52.9 Å². The maximum atomic E-state index is 11.5. The Morgan fingerprint density at radius 2 is 1.04 bits per heavy atom. The Kier molecular flexibility index (Phi) is 17.5. The molecule has 0 saturated heterocycles. The van der Waals surface area contributed by atoms with Crippen molar-refractivity contribution in [2.75, 3.05) is 5.32 Å². The number of nitrogens with one attached hydrogen (secondary N) is 1. The molecule has 0 aliphatic heterocycles. The van der Waals surface area contributed by atoms with Crippen molar-refractivity contribution in [3.05, 3.63) is 136 Å². The number of anilines is 1. The van der Waals surface area contributed by atoms with Gasteiger partial charge in [-0.15, -0.1) is 0 Å². The zero-order chi connectivity index (χ0) is 39.8. The van der Waals surface area contributed by atoms with E-state index in [1.807, 2.05) is 76.2 Å². The summed E-state index contributed by atoms with van der Waals surface area (Å²) < 4.78 is 0. The van der Waals surface area contributed by atoms with E-state index >= 15 is 0 Å².